The van der Waals surface area contributed by atoms with E-state index in [1.165, 1.54) is 5.56 Å². The molecule has 1 aromatic carbocycles. The topological polar surface area (TPSA) is 50.4 Å². The lowest BCUT2D eigenvalue weighted by molar-refractivity contribution is -0.136. The molecule has 4 nitrogen and oxygen atoms in total. The average Bonchev–Trinajstić information content (AvgIpc) is 2.41. The van der Waals surface area contributed by atoms with Gasteiger partial charge >= 0.3 is 0 Å². The molecule has 0 spiro atoms. The monoisotopic (exact) mass is 262 g/mol. The maximum absolute atomic E-state index is 11.7. The minimum Gasteiger partial charge on any atom is -0.363 e. The van der Waals surface area contributed by atoms with Gasteiger partial charge in [-0.2, -0.15) is 0 Å². The molecule has 0 aromatic heterocycles. The number of hydrogen-bond donors (Lipinski definition) is 2. The van der Waals surface area contributed by atoms with E-state index in [4.69, 9.17) is 4.74 Å². The molecule has 104 valence electrons. The third-order valence-corrected chi connectivity index (χ3v) is 3.47. The molecule has 19 heavy (non-hydrogen) atoms. The van der Waals surface area contributed by atoms with E-state index in [9.17, 15) is 4.79 Å². The zero-order valence-electron chi connectivity index (χ0n) is 11.7. The van der Waals surface area contributed by atoms with E-state index in [0.717, 1.165) is 25.1 Å². The highest BCUT2D eigenvalue weighted by Crippen LogP contribution is 2.14. The molecule has 1 aromatic rings. The summed E-state index contributed by atoms with van der Waals surface area (Å²) in [4.78, 5) is 11.7. The van der Waals surface area contributed by atoms with Crippen molar-refractivity contribution in [2.75, 3.05) is 19.7 Å². The maximum Gasteiger partial charge on any atom is 0.246 e. The summed E-state index contributed by atoms with van der Waals surface area (Å²) in [5.74, 6) is -0.0623. The van der Waals surface area contributed by atoms with Gasteiger partial charge in [0.25, 0.3) is 0 Å². The third-order valence-electron chi connectivity index (χ3n) is 3.47. The van der Waals surface area contributed by atoms with Crippen LogP contribution in [0.1, 0.15) is 25.0 Å². The first-order valence-electron chi connectivity index (χ1n) is 6.80. The molecule has 1 amide bonds. The zero-order chi connectivity index (χ0) is 13.7. The molecule has 1 heterocycles. The summed E-state index contributed by atoms with van der Waals surface area (Å²) in [5, 5.41) is 6.01. The molecule has 0 unspecified atom stereocenters. The molecule has 1 saturated heterocycles. The molecular weight excluding hydrogens is 240 g/mol. The SMILES string of the molecule is CCc1ccc(CNC(=O)COC2(C)CNC2)cc1. The van der Waals surface area contributed by atoms with Crippen LogP contribution < -0.4 is 10.6 Å². The zero-order valence-corrected chi connectivity index (χ0v) is 11.7. The Morgan fingerprint density at radius 2 is 1.95 bits per heavy atom. The molecule has 2 rings (SSSR count). The number of amides is 1. The molecule has 0 atom stereocenters. The first-order chi connectivity index (χ1) is 9.11. The van der Waals surface area contributed by atoms with Crippen molar-refractivity contribution in [3.8, 4) is 0 Å². The lowest BCUT2D eigenvalue weighted by atomic mass is 10.0. The van der Waals surface area contributed by atoms with Crippen molar-refractivity contribution in [1.82, 2.24) is 10.6 Å². The first kappa shape index (κ1) is 14.0. The smallest absolute Gasteiger partial charge is 0.246 e. The van der Waals surface area contributed by atoms with E-state index < -0.39 is 0 Å². The molecular formula is C15H22N2O2. The van der Waals surface area contributed by atoms with Gasteiger partial charge in [0.1, 0.15) is 6.61 Å². The number of ether oxygens (including phenoxy) is 1. The van der Waals surface area contributed by atoms with Gasteiger partial charge < -0.3 is 15.4 Å². The number of benzene rings is 1. The van der Waals surface area contributed by atoms with E-state index >= 15 is 0 Å². The van der Waals surface area contributed by atoms with Crippen LogP contribution >= 0.6 is 0 Å². The molecule has 0 aliphatic carbocycles. The quantitative estimate of drug-likeness (QED) is 0.811. The summed E-state index contributed by atoms with van der Waals surface area (Å²) in [6.45, 7) is 6.47. The highest BCUT2D eigenvalue weighted by atomic mass is 16.5. The highest BCUT2D eigenvalue weighted by Gasteiger charge is 2.32. The maximum atomic E-state index is 11.7. The van der Waals surface area contributed by atoms with Gasteiger partial charge in [0, 0.05) is 19.6 Å². The van der Waals surface area contributed by atoms with E-state index in [1.807, 2.05) is 6.92 Å². The Kier molecular flexibility index (Phi) is 4.56. The van der Waals surface area contributed by atoms with Gasteiger partial charge in [0.15, 0.2) is 0 Å². The second kappa shape index (κ2) is 6.17. The number of hydrogen-bond acceptors (Lipinski definition) is 3. The van der Waals surface area contributed by atoms with Crippen LogP contribution in [0.5, 0.6) is 0 Å². The number of carbonyl (C=O) groups excluding carboxylic acids is 1. The molecule has 1 aliphatic heterocycles. The van der Waals surface area contributed by atoms with Crippen molar-refractivity contribution >= 4 is 5.91 Å². The molecule has 1 aliphatic rings. The van der Waals surface area contributed by atoms with Crippen LogP contribution in [0, 0.1) is 0 Å². The lowest BCUT2D eigenvalue weighted by Gasteiger charge is -2.38. The van der Waals surface area contributed by atoms with E-state index in [-0.39, 0.29) is 18.1 Å². The summed E-state index contributed by atoms with van der Waals surface area (Å²) < 4.78 is 5.58. The second-order valence-electron chi connectivity index (χ2n) is 5.29. The van der Waals surface area contributed by atoms with E-state index in [1.54, 1.807) is 0 Å². The van der Waals surface area contributed by atoms with Crippen molar-refractivity contribution in [1.29, 1.82) is 0 Å². The van der Waals surface area contributed by atoms with Gasteiger partial charge in [-0.1, -0.05) is 31.2 Å². The highest BCUT2D eigenvalue weighted by molar-refractivity contribution is 5.77. The summed E-state index contributed by atoms with van der Waals surface area (Å²) in [6, 6.07) is 8.30. The lowest BCUT2D eigenvalue weighted by Crippen LogP contribution is -2.59. The van der Waals surface area contributed by atoms with Crippen LogP contribution in [0.3, 0.4) is 0 Å². The van der Waals surface area contributed by atoms with Crippen LogP contribution in [0.15, 0.2) is 24.3 Å². The van der Waals surface area contributed by atoms with Gasteiger partial charge in [0.05, 0.1) is 5.60 Å². The minimum absolute atomic E-state index is 0.0623. The van der Waals surface area contributed by atoms with Crippen LogP contribution in [0.2, 0.25) is 0 Å². The van der Waals surface area contributed by atoms with Crippen molar-refractivity contribution in [3.63, 3.8) is 0 Å². The van der Waals surface area contributed by atoms with Gasteiger partial charge in [-0.05, 0) is 24.5 Å². The van der Waals surface area contributed by atoms with Gasteiger partial charge in [-0.15, -0.1) is 0 Å². The minimum atomic E-state index is -0.167. The average molecular weight is 262 g/mol. The number of carbonyl (C=O) groups is 1. The van der Waals surface area contributed by atoms with Gasteiger partial charge in [-0.25, -0.2) is 0 Å². The number of aryl methyl sites for hydroxylation is 1. The number of nitrogens with one attached hydrogen (secondary N) is 2. The van der Waals surface area contributed by atoms with Crippen molar-refractivity contribution < 1.29 is 9.53 Å². The Hall–Kier alpha value is -1.39. The van der Waals surface area contributed by atoms with Crippen molar-refractivity contribution in [2.45, 2.75) is 32.4 Å². The summed E-state index contributed by atoms with van der Waals surface area (Å²) >= 11 is 0. The first-order valence-corrected chi connectivity index (χ1v) is 6.80. The van der Waals surface area contributed by atoms with Crippen LogP contribution in [-0.2, 0) is 22.5 Å². The van der Waals surface area contributed by atoms with Crippen LogP contribution in [0.25, 0.3) is 0 Å². The fourth-order valence-electron chi connectivity index (χ4n) is 1.96. The van der Waals surface area contributed by atoms with Crippen LogP contribution in [0.4, 0.5) is 0 Å². The Balaban J connectivity index is 1.70. The standard InChI is InChI=1S/C15H22N2O2/c1-3-12-4-6-13(7-5-12)8-17-14(18)9-19-15(2)10-16-11-15/h4-7,16H,3,8-11H2,1-2H3,(H,17,18). The van der Waals surface area contributed by atoms with Crippen LogP contribution in [-0.4, -0.2) is 31.2 Å². The number of rotatable bonds is 6. The Morgan fingerprint density at radius 1 is 1.32 bits per heavy atom. The van der Waals surface area contributed by atoms with Gasteiger partial charge in [-0.3, -0.25) is 4.79 Å². The van der Waals surface area contributed by atoms with Gasteiger partial charge in [0.2, 0.25) is 5.91 Å². The molecule has 0 saturated carbocycles. The largest absolute Gasteiger partial charge is 0.363 e. The fraction of sp³-hybridized carbons (Fsp3) is 0.533. The predicted octanol–water partition coefficient (Wildman–Crippen LogP) is 1.24. The molecule has 2 N–H and O–H groups in total. The third kappa shape index (κ3) is 4.04. The molecule has 1 fully saturated rings. The molecule has 0 radical (unpaired) electrons. The van der Waals surface area contributed by atoms with E-state index in [2.05, 4.69) is 41.8 Å². The normalized spacial score (nSPS) is 16.7. The summed E-state index contributed by atoms with van der Waals surface area (Å²) in [6.07, 6.45) is 1.03. The van der Waals surface area contributed by atoms with Crippen molar-refractivity contribution in [2.24, 2.45) is 0 Å². The molecule has 4 heteroatoms. The second-order valence-corrected chi connectivity index (χ2v) is 5.29. The van der Waals surface area contributed by atoms with E-state index in [0.29, 0.717) is 6.54 Å². The fourth-order valence-corrected chi connectivity index (χ4v) is 1.96. The molecule has 0 bridgehead atoms. The Labute approximate surface area is 114 Å². The Bertz CT molecular complexity index is 424. The predicted molar refractivity (Wildman–Crippen MR) is 74.9 cm³/mol. The Morgan fingerprint density at radius 3 is 2.47 bits per heavy atom. The van der Waals surface area contributed by atoms with Crippen molar-refractivity contribution in [3.05, 3.63) is 35.4 Å². The summed E-state index contributed by atoms with van der Waals surface area (Å²) in [7, 11) is 0. The summed E-state index contributed by atoms with van der Waals surface area (Å²) in [5.41, 5.74) is 2.26.